The highest BCUT2D eigenvalue weighted by Gasteiger charge is 2.12. The van der Waals surface area contributed by atoms with Crippen molar-refractivity contribution in [1.82, 2.24) is 14.8 Å². The zero-order chi connectivity index (χ0) is 9.14. The molecular formula is C7H14N4O. The lowest BCUT2D eigenvalue weighted by Crippen LogP contribution is -2.16. The van der Waals surface area contributed by atoms with Gasteiger partial charge in [-0.25, -0.2) is 0 Å². The summed E-state index contributed by atoms with van der Waals surface area (Å²) in [5.41, 5.74) is 5.74. The van der Waals surface area contributed by atoms with E-state index < -0.39 is 0 Å². The maximum atomic E-state index is 8.66. The molecule has 0 saturated carbocycles. The largest absolute Gasteiger partial charge is 0.396 e. The number of hydrogen-bond acceptors (Lipinski definition) is 4. The molecular weight excluding hydrogens is 156 g/mol. The Labute approximate surface area is 71.2 Å². The summed E-state index contributed by atoms with van der Waals surface area (Å²) in [5.74, 6) is 1.56. The number of nitrogens with two attached hydrogens (primary N) is 1. The molecule has 0 radical (unpaired) electrons. The Morgan fingerprint density at radius 2 is 2.25 bits per heavy atom. The lowest BCUT2D eigenvalue weighted by molar-refractivity contribution is 0.273. The fourth-order valence-corrected chi connectivity index (χ4v) is 1.01. The van der Waals surface area contributed by atoms with Crippen LogP contribution in [0.1, 0.15) is 24.1 Å². The van der Waals surface area contributed by atoms with Crippen molar-refractivity contribution in [2.24, 2.45) is 12.8 Å². The summed E-state index contributed by atoms with van der Waals surface area (Å²) in [6.07, 6.45) is 0.520. The molecule has 5 nitrogen and oxygen atoms in total. The predicted molar refractivity (Wildman–Crippen MR) is 44.4 cm³/mol. The van der Waals surface area contributed by atoms with Crippen molar-refractivity contribution >= 4 is 0 Å². The molecule has 1 aromatic rings. The van der Waals surface area contributed by atoms with Gasteiger partial charge in [0.1, 0.15) is 11.6 Å². The van der Waals surface area contributed by atoms with Gasteiger partial charge < -0.3 is 15.4 Å². The smallest absolute Gasteiger partial charge is 0.149 e. The third-order valence-corrected chi connectivity index (χ3v) is 1.90. The van der Waals surface area contributed by atoms with Gasteiger partial charge in [0.05, 0.1) is 6.04 Å². The van der Waals surface area contributed by atoms with Crippen LogP contribution in [0.3, 0.4) is 0 Å². The van der Waals surface area contributed by atoms with Gasteiger partial charge in [-0.3, -0.25) is 0 Å². The third-order valence-electron chi connectivity index (χ3n) is 1.90. The Bertz CT molecular complexity index is 258. The van der Waals surface area contributed by atoms with Crippen LogP contribution in [0.4, 0.5) is 0 Å². The highest BCUT2D eigenvalue weighted by molar-refractivity contribution is 4.97. The first-order valence-electron chi connectivity index (χ1n) is 3.89. The molecule has 3 N–H and O–H groups in total. The van der Waals surface area contributed by atoms with Gasteiger partial charge in [-0.05, 0) is 13.3 Å². The average Bonchev–Trinajstić information content (AvgIpc) is 2.34. The van der Waals surface area contributed by atoms with Crippen LogP contribution in [0, 0.1) is 6.92 Å². The van der Waals surface area contributed by atoms with Crippen LogP contribution in [0.15, 0.2) is 0 Å². The van der Waals surface area contributed by atoms with E-state index in [0.29, 0.717) is 6.42 Å². The molecule has 0 spiro atoms. The summed E-state index contributed by atoms with van der Waals surface area (Å²) in [6, 6.07) is -0.221. The molecule has 0 bridgehead atoms. The van der Waals surface area contributed by atoms with Gasteiger partial charge in [0.15, 0.2) is 0 Å². The van der Waals surface area contributed by atoms with Crippen LogP contribution < -0.4 is 5.73 Å². The van der Waals surface area contributed by atoms with E-state index in [0.717, 1.165) is 11.6 Å². The number of nitrogens with zero attached hydrogens (tertiary/aromatic N) is 3. The van der Waals surface area contributed by atoms with Crippen LogP contribution >= 0.6 is 0 Å². The Hall–Kier alpha value is -0.940. The van der Waals surface area contributed by atoms with Gasteiger partial charge in [-0.2, -0.15) is 0 Å². The van der Waals surface area contributed by atoms with E-state index in [2.05, 4.69) is 10.2 Å². The fraction of sp³-hybridized carbons (Fsp3) is 0.714. The Morgan fingerprint density at radius 3 is 2.67 bits per heavy atom. The van der Waals surface area contributed by atoms with Gasteiger partial charge >= 0.3 is 0 Å². The molecule has 0 aliphatic heterocycles. The van der Waals surface area contributed by atoms with Gasteiger partial charge in [-0.1, -0.05) is 0 Å². The normalized spacial score (nSPS) is 13.3. The van der Waals surface area contributed by atoms with E-state index >= 15 is 0 Å². The molecule has 0 aromatic carbocycles. The molecule has 1 rings (SSSR count). The first kappa shape index (κ1) is 9.15. The van der Waals surface area contributed by atoms with Crippen molar-refractivity contribution in [1.29, 1.82) is 0 Å². The molecule has 1 aromatic heterocycles. The summed E-state index contributed by atoms with van der Waals surface area (Å²) < 4.78 is 1.83. The molecule has 1 heterocycles. The number of aliphatic hydroxyl groups is 1. The SMILES string of the molecule is Cc1nnc(C(N)CCO)n1C. The van der Waals surface area contributed by atoms with Crippen LogP contribution in [0.5, 0.6) is 0 Å². The van der Waals surface area contributed by atoms with Crippen LogP contribution in [0.2, 0.25) is 0 Å². The maximum absolute atomic E-state index is 8.66. The van der Waals surface area contributed by atoms with Crippen molar-refractivity contribution in [3.8, 4) is 0 Å². The van der Waals surface area contributed by atoms with Crippen molar-refractivity contribution < 1.29 is 5.11 Å². The van der Waals surface area contributed by atoms with Crippen molar-refractivity contribution in [2.75, 3.05) is 6.61 Å². The second kappa shape index (κ2) is 3.64. The molecule has 0 aliphatic carbocycles. The van der Waals surface area contributed by atoms with E-state index in [1.165, 1.54) is 0 Å². The van der Waals surface area contributed by atoms with Crippen LogP contribution in [-0.2, 0) is 7.05 Å². The standard InChI is InChI=1S/C7H14N4O/c1-5-9-10-7(11(5)2)6(8)3-4-12/h6,12H,3-4,8H2,1-2H3. The first-order chi connectivity index (χ1) is 5.66. The maximum Gasteiger partial charge on any atom is 0.149 e. The Kier molecular flexibility index (Phi) is 2.78. The van der Waals surface area contributed by atoms with E-state index in [1.807, 2.05) is 18.5 Å². The summed E-state index contributed by atoms with van der Waals surface area (Å²) in [4.78, 5) is 0. The predicted octanol–water partition coefficient (Wildman–Crippen LogP) is -0.494. The highest BCUT2D eigenvalue weighted by Crippen LogP contribution is 2.10. The minimum absolute atomic E-state index is 0.0765. The zero-order valence-corrected chi connectivity index (χ0v) is 7.36. The Balaban J connectivity index is 2.80. The molecule has 1 atom stereocenters. The first-order valence-corrected chi connectivity index (χ1v) is 3.89. The number of hydrogen-bond donors (Lipinski definition) is 2. The molecule has 12 heavy (non-hydrogen) atoms. The van der Waals surface area contributed by atoms with Gasteiger partial charge in [0.25, 0.3) is 0 Å². The van der Waals surface area contributed by atoms with Gasteiger partial charge in [0.2, 0.25) is 0 Å². The number of aryl methyl sites for hydroxylation is 1. The lowest BCUT2D eigenvalue weighted by Gasteiger charge is -2.08. The Morgan fingerprint density at radius 1 is 1.58 bits per heavy atom. The van der Waals surface area contributed by atoms with Gasteiger partial charge in [-0.15, -0.1) is 10.2 Å². The molecule has 1 unspecified atom stereocenters. The summed E-state index contributed by atoms with van der Waals surface area (Å²) in [5, 5.41) is 16.4. The van der Waals surface area contributed by atoms with E-state index in [4.69, 9.17) is 10.8 Å². The molecule has 0 amide bonds. The summed E-state index contributed by atoms with van der Waals surface area (Å²) in [7, 11) is 1.86. The van der Waals surface area contributed by atoms with Crippen molar-refractivity contribution in [2.45, 2.75) is 19.4 Å². The van der Waals surface area contributed by atoms with Crippen LogP contribution in [0.25, 0.3) is 0 Å². The molecule has 0 saturated heterocycles. The van der Waals surface area contributed by atoms with Gasteiger partial charge in [0, 0.05) is 13.7 Å². The molecule has 5 heteroatoms. The van der Waals surface area contributed by atoms with Crippen LogP contribution in [-0.4, -0.2) is 26.5 Å². The average molecular weight is 170 g/mol. The number of aliphatic hydroxyl groups excluding tert-OH is 1. The van der Waals surface area contributed by atoms with E-state index in [1.54, 1.807) is 0 Å². The van der Waals surface area contributed by atoms with Crippen molar-refractivity contribution in [3.05, 3.63) is 11.6 Å². The molecule has 68 valence electrons. The highest BCUT2D eigenvalue weighted by atomic mass is 16.3. The zero-order valence-electron chi connectivity index (χ0n) is 7.36. The van der Waals surface area contributed by atoms with E-state index in [9.17, 15) is 0 Å². The quantitative estimate of drug-likeness (QED) is 0.641. The molecule has 0 fully saturated rings. The third kappa shape index (κ3) is 1.62. The van der Waals surface area contributed by atoms with Crippen molar-refractivity contribution in [3.63, 3.8) is 0 Å². The second-order valence-electron chi connectivity index (χ2n) is 2.78. The lowest BCUT2D eigenvalue weighted by atomic mass is 10.2. The van der Waals surface area contributed by atoms with E-state index in [-0.39, 0.29) is 12.6 Å². The minimum atomic E-state index is -0.221. The summed E-state index contributed by atoms with van der Waals surface area (Å²) >= 11 is 0. The topological polar surface area (TPSA) is 77.0 Å². The minimum Gasteiger partial charge on any atom is -0.396 e. The number of rotatable bonds is 3. The number of aromatic nitrogens is 3. The second-order valence-corrected chi connectivity index (χ2v) is 2.78. The summed E-state index contributed by atoms with van der Waals surface area (Å²) in [6.45, 7) is 1.94. The molecule has 0 aliphatic rings. The monoisotopic (exact) mass is 170 g/mol. The fourth-order valence-electron chi connectivity index (χ4n) is 1.01.